The summed E-state index contributed by atoms with van der Waals surface area (Å²) >= 11 is 0. The van der Waals surface area contributed by atoms with E-state index in [1.807, 2.05) is 13.8 Å². The van der Waals surface area contributed by atoms with Gasteiger partial charge in [0, 0.05) is 18.3 Å². The maximum Gasteiger partial charge on any atom is 0.315 e. The molecule has 1 aromatic rings. The summed E-state index contributed by atoms with van der Waals surface area (Å²) in [6.07, 6.45) is 0.543. The average molecular weight is 279 g/mol. The number of anilines is 1. The Balaban J connectivity index is 1.99. The van der Waals surface area contributed by atoms with Crippen LogP contribution in [0.5, 0.6) is 0 Å². The summed E-state index contributed by atoms with van der Waals surface area (Å²) in [4.78, 5) is 25.4. The van der Waals surface area contributed by atoms with E-state index in [0.717, 1.165) is 0 Å². The summed E-state index contributed by atoms with van der Waals surface area (Å²) in [6, 6.07) is 4.88. The summed E-state index contributed by atoms with van der Waals surface area (Å²) in [5, 5.41) is 5.34. The summed E-state index contributed by atoms with van der Waals surface area (Å²) in [6.45, 7) is 4.21. The molecule has 0 radical (unpaired) electrons. The Bertz CT molecular complexity index is 502. The van der Waals surface area contributed by atoms with Crippen molar-refractivity contribution >= 4 is 17.6 Å². The predicted molar refractivity (Wildman–Crippen MR) is 74.0 cm³/mol. The molecule has 1 aromatic carbocycles. The summed E-state index contributed by atoms with van der Waals surface area (Å²) in [7, 11) is 0. The van der Waals surface area contributed by atoms with Crippen molar-refractivity contribution in [1.82, 2.24) is 10.6 Å². The zero-order chi connectivity index (χ0) is 14.7. The third-order valence-corrected chi connectivity index (χ3v) is 3.07. The van der Waals surface area contributed by atoms with E-state index in [1.54, 1.807) is 17.0 Å². The first-order valence-electron chi connectivity index (χ1n) is 6.61. The minimum atomic E-state index is -0.529. The molecule has 0 spiro atoms. The number of halogens is 1. The number of carbonyl (C=O) groups is 2. The van der Waals surface area contributed by atoms with Crippen LogP contribution in [-0.4, -0.2) is 30.6 Å². The van der Waals surface area contributed by atoms with Crippen LogP contribution in [0.15, 0.2) is 24.3 Å². The molecule has 108 valence electrons. The highest BCUT2D eigenvalue weighted by Crippen LogP contribution is 2.21. The Kier molecular flexibility index (Phi) is 4.22. The Hall–Kier alpha value is -2.11. The summed E-state index contributed by atoms with van der Waals surface area (Å²) < 4.78 is 12.9. The number of hydrogen-bond donors (Lipinski definition) is 2. The molecule has 20 heavy (non-hydrogen) atoms. The molecule has 5 nitrogen and oxygen atoms in total. The van der Waals surface area contributed by atoms with E-state index in [1.165, 1.54) is 12.1 Å². The first-order valence-corrected chi connectivity index (χ1v) is 6.61. The van der Waals surface area contributed by atoms with Crippen molar-refractivity contribution in [3.63, 3.8) is 0 Å². The van der Waals surface area contributed by atoms with Gasteiger partial charge in [0.05, 0.1) is 0 Å². The first-order chi connectivity index (χ1) is 9.47. The smallest absolute Gasteiger partial charge is 0.315 e. The molecule has 0 aliphatic carbocycles. The molecule has 0 unspecified atom stereocenters. The number of rotatable bonds is 3. The van der Waals surface area contributed by atoms with Gasteiger partial charge in [0.2, 0.25) is 5.91 Å². The van der Waals surface area contributed by atoms with Crippen LogP contribution in [0.1, 0.15) is 20.3 Å². The molecule has 0 bridgehead atoms. The van der Waals surface area contributed by atoms with Crippen molar-refractivity contribution in [3.8, 4) is 0 Å². The highest BCUT2D eigenvalue weighted by atomic mass is 19.1. The third-order valence-electron chi connectivity index (χ3n) is 3.07. The van der Waals surface area contributed by atoms with Crippen LogP contribution in [0.25, 0.3) is 0 Å². The van der Waals surface area contributed by atoms with Gasteiger partial charge >= 0.3 is 6.03 Å². The van der Waals surface area contributed by atoms with Crippen molar-refractivity contribution in [2.24, 2.45) is 0 Å². The van der Waals surface area contributed by atoms with Gasteiger partial charge in [-0.15, -0.1) is 0 Å². The monoisotopic (exact) mass is 279 g/mol. The van der Waals surface area contributed by atoms with Gasteiger partial charge in [-0.3, -0.25) is 4.79 Å². The molecule has 0 aromatic heterocycles. The zero-order valence-corrected chi connectivity index (χ0v) is 11.5. The minimum absolute atomic E-state index is 0.0136. The molecule has 0 saturated carbocycles. The fraction of sp³-hybridized carbons (Fsp3) is 0.429. The van der Waals surface area contributed by atoms with E-state index < -0.39 is 6.04 Å². The highest BCUT2D eigenvalue weighted by Gasteiger charge is 2.33. The Morgan fingerprint density at radius 3 is 2.60 bits per heavy atom. The molecular weight excluding hydrogens is 261 g/mol. The maximum absolute atomic E-state index is 12.9. The Morgan fingerprint density at radius 2 is 2.00 bits per heavy atom. The summed E-state index contributed by atoms with van der Waals surface area (Å²) in [5.41, 5.74) is 0.643. The van der Waals surface area contributed by atoms with Crippen molar-refractivity contribution in [1.29, 1.82) is 0 Å². The lowest BCUT2D eigenvalue weighted by atomic mass is 10.2. The lowest BCUT2D eigenvalue weighted by Crippen LogP contribution is -2.47. The fourth-order valence-corrected chi connectivity index (χ4v) is 2.15. The van der Waals surface area contributed by atoms with E-state index in [4.69, 9.17) is 0 Å². The van der Waals surface area contributed by atoms with Crippen molar-refractivity contribution in [2.75, 3.05) is 11.4 Å². The van der Waals surface area contributed by atoms with Gasteiger partial charge in [-0.05, 0) is 44.5 Å². The molecule has 3 amide bonds. The SMILES string of the molecule is CC(C)NC(=O)N[C@H]1CCN(c2ccc(F)cc2)C1=O. The van der Waals surface area contributed by atoms with Gasteiger partial charge in [-0.1, -0.05) is 0 Å². The van der Waals surface area contributed by atoms with Gasteiger partial charge in [-0.2, -0.15) is 0 Å². The normalized spacial score (nSPS) is 18.5. The molecule has 2 N–H and O–H groups in total. The largest absolute Gasteiger partial charge is 0.336 e. The molecule has 1 heterocycles. The number of urea groups is 1. The molecule has 1 aliphatic rings. The first kappa shape index (κ1) is 14.3. The number of carbonyl (C=O) groups excluding carboxylic acids is 2. The van der Waals surface area contributed by atoms with Crippen LogP contribution < -0.4 is 15.5 Å². The molecule has 1 fully saturated rings. The van der Waals surface area contributed by atoms with Gasteiger partial charge in [0.15, 0.2) is 0 Å². The van der Waals surface area contributed by atoms with Crippen LogP contribution in [0, 0.1) is 5.82 Å². The molecule has 1 atom stereocenters. The minimum Gasteiger partial charge on any atom is -0.336 e. The van der Waals surface area contributed by atoms with Crippen LogP contribution in [0.3, 0.4) is 0 Å². The van der Waals surface area contributed by atoms with Crippen LogP contribution in [0.4, 0.5) is 14.9 Å². The van der Waals surface area contributed by atoms with Crippen LogP contribution in [0.2, 0.25) is 0 Å². The molecule has 6 heteroatoms. The second-order valence-corrected chi connectivity index (χ2v) is 5.08. The topological polar surface area (TPSA) is 61.4 Å². The third kappa shape index (κ3) is 3.26. The van der Waals surface area contributed by atoms with E-state index >= 15 is 0 Å². The molecule has 2 rings (SSSR count). The Labute approximate surface area is 117 Å². The number of hydrogen-bond acceptors (Lipinski definition) is 2. The molecule has 1 aliphatic heterocycles. The van der Waals surface area contributed by atoms with E-state index in [2.05, 4.69) is 10.6 Å². The van der Waals surface area contributed by atoms with Crippen LogP contribution in [-0.2, 0) is 4.79 Å². The summed E-state index contributed by atoms with van der Waals surface area (Å²) in [5.74, 6) is -0.512. The second kappa shape index (κ2) is 5.90. The highest BCUT2D eigenvalue weighted by molar-refractivity contribution is 6.01. The number of benzene rings is 1. The van der Waals surface area contributed by atoms with Crippen molar-refractivity contribution in [3.05, 3.63) is 30.1 Å². The van der Waals surface area contributed by atoms with Gasteiger partial charge < -0.3 is 15.5 Å². The molecular formula is C14H18FN3O2. The van der Waals surface area contributed by atoms with Crippen LogP contribution >= 0.6 is 0 Å². The van der Waals surface area contributed by atoms with E-state index in [-0.39, 0.29) is 23.8 Å². The predicted octanol–water partition coefficient (Wildman–Crippen LogP) is 1.64. The van der Waals surface area contributed by atoms with Crippen molar-refractivity contribution < 1.29 is 14.0 Å². The van der Waals surface area contributed by atoms with Gasteiger partial charge in [0.1, 0.15) is 11.9 Å². The maximum atomic E-state index is 12.9. The number of amides is 3. The fourth-order valence-electron chi connectivity index (χ4n) is 2.15. The van der Waals surface area contributed by atoms with E-state index in [9.17, 15) is 14.0 Å². The Morgan fingerprint density at radius 1 is 1.35 bits per heavy atom. The van der Waals surface area contributed by atoms with E-state index in [0.29, 0.717) is 18.7 Å². The lowest BCUT2D eigenvalue weighted by molar-refractivity contribution is -0.118. The molecule has 1 saturated heterocycles. The zero-order valence-electron chi connectivity index (χ0n) is 11.5. The number of nitrogens with zero attached hydrogens (tertiary/aromatic N) is 1. The quantitative estimate of drug-likeness (QED) is 0.883. The lowest BCUT2D eigenvalue weighted by Gasteiger charge is -2.18. The van der Waals surface area contributed by atoms with Crippen molar-refractivity contribution in [2.45, 2.75) is 32.4 Å². The second-order valence-electron chi connectivity index (χ2n) is 5.08. The standard InChI is InChI=1S/C14H18FN3O2/c1-9(2)16-14(20)17-12-7-8-18(13(12)19)11-5-3-10(15)4-6-11/h3-6,9,12H,7-8H2,1-2H3,(H2,16,17,20)/t12-/m0/s1. The van der Waals surface area contributed by atoms with Gasteiger partial charge in [0.25, 0.3) is 0 Å². The van der Waals surface area contributed by atoms with Gasteiger partial charge in [-0.25, -0.2) is 9.18 Å². The number of nitrogens with one attached hydrogen (secondary N) is 2. The average Bonchev–Trinajstić information content (AvgIpc) is 2.71.